The summed E-state index contributed by atoms with van der Waals surface area (Å²) in [5.41, 5.74) is 3.12. The second kappa shape index (κ2) is 7.53. The molecule has 0 aromatic heterocycles. The summed E-state index contributed by atoms with van der Waals surface area (Å²) < 4.78 is 10.5. The van der Waals surface area contributed by atoms with Crippen molar-refractivity contribution in [3.8, 4) is 0 Å². The van der Waals surface area contributed by atoms with Crippen LogP contribution in [-0.2, 0) is 27.2 Å². The van der Waals surface area contributed by atoms with Crippen molar-refractivity contribution in [3.63, 3.8) is 0 Å². The fourth-order valence-electron chi connectivity index (χ4n) is 4.02. The minimum absolute atomic E-state index is 0.153. The monoisotopic (exact) mass is 373 g/mol. The third-order valence-corrected chi connectivity index (χ3v) is 5.52. The SMILES string of the molecule is COC(=O)[C@@H](C)[C@H](c1ccc2c(c1)CN(C(=O)OC(C)(C)C)CC2)C1CC1. The molecule has 1 aromatic carbocycles. The van der Waals surface area contributed by atoms with Crippen LogP contribution in [0.4, 0.5) is 4.79 Å². The third-order valence-electron chi connectivity index (χ3n) is 5.52. The van der Waals surface area contributed by atoms with Crippen molar-refractivity contribution >= 4 is 12.1 Å². The maximum Gasteiger partial charge on any atom is 0.410 e. The summed E-state index contributed by atoms with van der Waals surface area (Å²) >= 11 is 0. The lowest BCUT2D eigenvalue weighted by molar-refractivity contribution is -0.145. The highest BCUT2D eigenvalue weighted by Crippen LogP contribution is 2.47. The Morgan fingerprint density at radius 2 is 1.89 bits per heavy atom. The van der Waals surface area contributed by atoms with Gasteiger partial charge in [-0.3, -0.25) is 4.79 Å². The van der Waals surface area contributed by atoms with E-state index in [1.807, 2.05) is 27.7 Å². The highest BCUT2D eigenvalue weighted by atomic mass is 16.6. The van der Waals surface area contributed by atoms with Crippen LogP contribution < -0.4 is 0 Å². The molecule has 1 aromatic rings. The smallest absolute Gasteiger partial charge is 0.410 e. The predicted molar refractivity (Wildman–Crippen MR) is 103 cm³/mol. The molecular weight excluding hydrogens is 342 g/mol. The summed E-state index contributed by atoms with van der Waals surface area (Å²) in [6.45, 7) is 8.84. The van der Waals surface area contributed by atoms with E-state index in [0.717, 1.165) is 24.8 Å². The maximum atomic E-state index is 12.4. The lowest BCUT2D eigenvalue weighted by atomic mass is 9.81. The van der Waals surface area contributed by atoms with Gasteiger partial charge in [-0.25, -0.2) is 4.79 Å². The van der Waals surface area contributed by atoms with Gasteiger partial charge in [0.25, 0.3) is 0 Å². The molecule has 0 bridgehead atoms. The summed E-state index contributed by atoms with van der Waals surface area (Å²) in [4.78, 5) is 26.3. The first-order valence-corrected chi connectivity index (χ1v) is 9.87. The standard InChI is InChI=1S/C22H31NO4/c1-14(20(24)26-5)19(16-7-8-16)17-9-6-15-10-11-23(13-18(15)12-17)21(25)27-22(2,3)4/h6,9,12,14,16,19H,7-8,10-11,13H2,1-5H3/t14-,19-/m0/s1. The van der Waals surface area contributed by atoms with Gasteiger partial charge in [0, 0.05) is 13.1 Å². The first-order valence-electron chi connectivity index (χ1n) is 9.87. The van der Waals surface area contributed by atoms with Crippen LogP contribution in [0.1, 0.15) is 63.1 Å². The predicted octanol–water partition coefficient (Wildman–Crippen LogP) is 4.28. The molecule has 2 aliphatic rings. The van der Waals surface area contributed by atoms with E-state index in [2.05, 4.69) is 18.2 Å². The molecule has 1 amide bonds. The number of fused-ring (bicyclic) bond motifs is 1. The van der Waals surface area contributed by atoms with Crippen LogP contribution in [0.2, 0.25) is 0 Å². The Bertz CT molecular complexity index is 718. The van der Waals surface area contributed by atoms with Crippen LogP contribution in [0.3, 0.4) is 0 Å². The van der Waals surface area contributed by atoms with Crippen molar-refractivity contribution in [2.24, 2.45) is 11.8 Å². The van der Waals surface area contributed by atoms with E-state index in [4.69, 9.17) is 9.47 Å². The van der Waals surface area contributed by atoms with E-state index in [1.54, 1.807) is 4.90 Å². The second-order valence-corrected chi connectivity index (χ2v) is 8.86. The van der Waals surface area contributed by atoms with Gasteiger partial charge in [-0.05, 0) is 68.6 Å². The van der Waals surface area contributed by atoms with Gasteiger partial charge in [-0.15, -0.1) is 0 Å². The fraction of sp³-hybridized carbons (Fsp3) is 0.636. The van der Waals surface area contributed by atoms with Crippen molar-refractivity contribution in [3.05, 3.63) is 34.9 Å². The molecule has 1 aliphatic heterocycles. The summed E-state index contributed by atoms with van der Waals surface area (Å²) in [6.07, 6.45) is 2.88. The molecule has 3 rings (SSSR count). The molecule has 2 atom stereocenters. The van der Waals surface area contributed by atoms with Crippen molar-refractivity contribution in [2.45, 2.75) is 65.0 Å². The van der Waals surface area contributed by atoms with Crippen LogP contribution in [0, 0.1) is 11.8 Å². The quantitative estimate of drug-likeness (QED) is 0.739. The highest BCUT2D eigenvalue weighted by molar-refractivity contribution is 5.73. The molecule has 1 heterocycles. The Balaban J connectivity index is 1.80. The number of nitrogens with zero attached hydrogens (tertiary/aromatic N) is 1. The van der Waals surface area contributed by atoms with E-state index in [-0.39, 0.29) is 23.9 Å². The minimum atomic E-state index is -0.494. The van der Waals surface area contributed by atoms with Crippen molar-refractivity contribution in [2.75, 3.05) is 13.7 Å². The van der Waals surface area contributed by atoms with E-state index in [0.29, 0.717) is 19.0 Å². The van der Waals surface area contributed by atoms with E-state index < -0.39 is 5.60 Å². The summed E-state index contributed by atoms with van der Waals surface area (Å²) in [5, 5.41) is 0. The second-order valence-electron chi connectivity index (χ2n) is 8.86. The molecule has 0 saturated heterocycles. The van der Waals surface area contributed by atoms with Crippen LogP contribution in [0.5, 0.6) is 0 Å². The molecule has 1 aliphatic carbocycles. The molecular formula is C22H31NO4. The van der Waals surface area contributed by atoms with Gasteiger partial charge >= 0.3 is 12.1 Å². The Morgan fingerprint density at radius 1 is 1.19 bits per heavy atom. The first-order chi connectivity index (χ1) is 12.7. The Kier molecular flexibility index (Phi) is 5.50. The fourth-order valence-corrected chi connectivity index (χ4v) is 4.02. The lowest BCUT2D eigenvalue weighted by Crippen LogP contribution is -2.40. The van der Waals surface area contributed by atoms with E-state index in [9.17, 15) is 9.59 Å². The summed E-state index contributed by atoms with van der Waals surface area (Å²) in [6, 6.07) is 6.51. The average molecular weight is 373 g/mol. The molecule has 1 fully saturated rings. The molecule has 27 heavy (non-hydrogen) atoms. The van der Waals surface area contributed by atoms with E-state index in [1.165, 1.54) is 18.2 Å². The van der Waals surface area contributed by atoms with Crippen molar-refractivity contribution in [1.82, 2.24) is 4.90 Å². The number of carbonyl (C=O) groups is 2. The number of rotatable bonds is 4. The van der Waals surface area contributed by atoms with Gasteiger partial charge in [0.1, 0.15) is 5.60 Å². The molecule has 148 valence electrons. The molecule has 1 saturated carbocycles. The average Bonchev–Trinajstić information content (AvgIpc) is 3.44. The van der Waals surface area contributed by atoms with Gasteiger partial charge in [-0.2, -0.15) is 0 Å². The normalized spacial score (nSPS) is 19.1. The number of benzene rings is 1. The Hall–Kier alpha value is -2.04. The minimum Gasteiger partial charge on any atom is -0.469 e. The third kappa shape index (κ3) is 4.63. The number of hydrogen-bond acceptors (Lipinski definition) is 4. The van der Waals surface area contributed by atoms with Gasteiger partial charge in [-0.1, -0.05) is 25.1 Å². The lowest BCUT2D eigenvalue weighted by Gasteiger charge is -2.32. The van der Waals surface area contributed by atoms with Crippen molar-refractivity contribution in [1.29, 1.82) is 0 Å². The summed E-state index contributed by atoms with van der Waals surface area (Å²) in [7, 11) is 1.45. The Labute approximate surface area is 162 Å². The summed E-state index contributed by atoms with van der Waals surface area (Å²) in [5.74, 6) is 0.411. The van der Waals surface area contributed by atoms with Crippen LogP contribution in [0.15, 0.2) is 18.2 Å². The van der Waals surface area contributed by atoms with Gasteiger partial charge < -0.3 is 14.4 Å². The molecule has 0 spiro atoms. The molecule has 5 nitrogen and oxygen atoms in total. The number of methoxy groups -OCH3 is 1. The number of amides is 1. The maximum absolute atomic E-state index is 12.4. The zero-order valence-corrected chi connectivity index (χ0v) is 17.1. The highest BCUT2D eigenvalue weighted by Gasteiger charge is 2.39. The molecule has 0 radical (unpaired) electrons. The molecule has 5 heteroatoms. The van der Waals surface area contributed by atoms with Gasteiger partial charge in [0.05, 0.1) is 13.0 Å². The largest absolute Gasteiger partial charge is 0.469 e. The topological polar surface area (TPSA) is 55.8 Å². The number of hydrogen-bond donors (Lipinski definition) is 0. The molecule has 0 N–H and O–H groups in total. The number of carbonyl (C=O) groups excluding carboxylic acids is 2. The van der Waals surface area contributed by atoms with Crippen molar-refractivity contribution < 1.29 is 19.1 Å². The van der Waals surface area contributed by atoms with E-state index >= 15 is 0 Å². The molecule has 0 unspecified atom stereocenters. The van der Waals surface area contributed by atoms with Crippen LogP contribution >= 0.6 is 0 Å². The van der Waals surface area contributed by atoms with Crippen LogP contribution in [-0.4, -0.2) is 36.2 Å². The van der Waals surface area contributed by atoms with Gasteiger partial charge in [0.15, 0.2) is 0 Å². The Morgan fingerprint density at radius 3 is 2.48 bits per heavy atom. The zero-order valence-electron chi connectivity index (χ0n) is 17.1. The van der Waals surface area contributed by atoms with Crippen LogP contribution in [0.25, 0.3) is 0 Å². The number of esters is 1. The number of ether oxygens (including phenoxy) is 2. The first kappa shape index (κ1) is 19.7. The van der Waals surface area contributed by atoms with Gasteiger partial charge in [0.2, 0.25) is 0 Å². The zero-order chi connectivity index (χ0) is 19.8.